The van der Waals surface area contributed by atoms with Crippen molar-refractivity contribution in [3.63, 3.8) is 0 Å². The highest BCUT2D eigenvalue weighted by atomic mass is 16.5. The number of nitrogens with zero attached hydrogens (tertiary/aromatic N) is 1. The average molecular weight is 317 g/mol. The van der Waals surface area contributed by atoms with Crippen molar-refractivity contribution in [2.45, 2.75) is 52.0 Å². The number of amides is 1. The number of rotatable bonds is 1. The summed E-state index contributed by atoms with van der Waals surface area (Å²) in [5.74, 6) is -1.47. The van der Waals surface area contributed by atoms with Crippen molar-refractivity contribution in [3.05, 3.63) is 11.3 Å². The van der Waals surface area contributed by atoms with Crippen LogP contribution in [0.2, 0.25) is 0 Å². The second kappa shape index (κ2) is 4.30. The lowest BCUT2D eigenvalue weighted by Crippen LogP contribution is -2.48. The van der Waals surface area contributed by atoms with E-state index in [1.54, 1.807) is 13.8 Å². The lowest BCUT2D eigenvalue weighted by molar-refractivity contribution is -0.151. The van der Waals surface area contributed by atoms with Crippen LogP contribution in [0.3, 0.4) is 0 Å². The van der Waals surface area contributed by atoms with E-state index in [-0.39, 0.29) is 23.6 Å². The van der Waals surface area contributed by atoms with Crippen LogP contribution >= 0.6 is 0 Å². The van der Waals surface area contributed by atoms with Gasteiger partial charge in [0.25, 0.3) is 0 Å². The molecule has 6 nitrogen and oxygen atoms in total. The van der Waals surface area contributed by atoms with Gasteiger partial charge in [-0.15, -0.1) is 0 Å². The number of Topliss-reactive ketones (excluding diaryl/α,β-unsaturated/α-hetero) is 2. The number of ketones is 2. The summed E-state index contributed by atoms with van der Waals surface area (Å²) in [5, 5.41) is 0. The third kappa shape index (κ3) is 1.69. The first-order valence-electron chi connectivity index (χ1n) is 8.11. The van der Waals surface area contributed by atoms with Crippen molar-refractivity contribution in [3.8, 4) is 0 Å². The maximum absolute atomic E-state index is 13.1. The molecule has 3 fully saturated rings. The van der Waals surface area contributed by atoms with Crippen LogP contribution in [0, 0.1) is 10.8 Å². The molecular weight excluding hydrogens is 298 g/mol. The fourth-order valence-electron chi connectivity index (χ4n) is 4.30. The van der Waals surface area contributed by atoms with Crippen LogP contribution in [-0.4, -0.2) is 41.0 Å². The molecule has 0 N–H and O–H groups in total. The summed E-state index contributed by atoms with van der Waals surface area (Å²) in [6, 6.07) is -0.723. The number of carbonyl (C=O) groups excluding carboxylic acids is 4. The predicted molar refractivity (Wildman–Crippen MR) is 77.9 cm³/mol. The van der Waals surface area contributed by atoms with Crippen molar-refractivity contribution < 1.29 is 23.9 Å². The average Bonchev–Trinajstić information content (AvgIpc) is 3.15. The van der Waals surface area contributed by atoms with Gasteiger partial charge in [-0.3, -0.25) is 14.4 Å². The van der Waals surface area contributed by atoms with Crippen LogP contribution in [0.4, 0.5) is 0 Å². The van der Waals surface area contributed by atoms with E-state index in [2.05, 4.69) is 0 Å². The van der Waals surface area contributed by atoms with E-state index in [1.807, 2.05) is 0 Å². The number of likely N-dealkylation sites (tertiary alicyclic amines) is 1. The van der Waals surface area contributed by atoms with E-state index in [9.17, 15) is 19.2 Å². The van der Waals surface area contributed by atoms with Gasteiger partial charge in [0.1, 0.15) is 6.61 Å². The lowest BCUT2D eigenvalue weighted by Gasteiger charge is -2.33. The molecule has 0 aromatic rings. The standard InChI is InChI=1S/C17H19NO5/c1-9-11(8-23-14(9)21)18-10(2)13(20)17(15(18)22)6-5-16(3-4-16)7-12(17)19/h10H,3-8H2,1-2H3. The van der Waals surface area contributed by atoms with E-state index in [0.29, 0.717) is 24.1 Å². The zero-order chi connectivity index (χ0) is 16.6. The molecule has 2 heterocycles. The number of cyclic esters (lactones) is 1. The minimum Gasteiger partial charge on any atom is -0.456 e. The first-order valence-corrected chi connectivity index (χ1v) is 8.11. The quantitative estimate of drug-likeness (QED) is 0.535. The highest BCUT2D eigenvalue weighted by molar-refractivity contribution is 6.29. The van der Waals surface area contributed by atoms with E-state index in [4.69, 9.17) is 4.74 Å². The molecule has 2 saturated carbocycles. The summed E-state index contributed by atoms with van der Waals surface area (Å²) < 4.78 is 4.96. The van der Waals surface area contributed by atoms with E-state index < -0.39 is 23.3 Å². The van der Waals surface area contributed by atoms with Gasteiger partial charge in [-0.1, -0.05) is 0 Å². The van der Waals surface area contributed by atoms with Crippen molar-refractivity contribution in [2.24, 2.45) is 10.8 Å². The molecule has 0 aromatic heterocycles. The smallest absolute Gasteiger partial charge is 0.336 e. The van der Waals surface area contributed by atoms with Crippen LogP contribution < -0.4 is 0 Å². The molecule has 2 aliphatic carbocycles. The normalized spacial score (nSPS) is 35.7. The number of hydrogen-bond donors (Lipinski definition) is 0. The molecule has 23 heavy (non-hydrogen) atoms. The lowest BCUT2D eigenvalue weighted by atomic mass is 9.66. The van der Waals surface area contributed by atoms with Gasteiger partial charge < -0.3 is 9.64 Å². The van der Waals surface area contributed by atoms with Crippen molar-refractivity contribution in [1.29, 1.82) is 0 Å². The molecule has 2 aliphatic heterocycles. The van der Waals surface area contributed by atoms with Gasteiger partial charge >= 0.3 is 5.97 Å². The molecule has 4 rings (SSSR count). The summed E-state index contributed by atoms with van der Waals surface area (Å²) in [7, 11) is 0. The minimum absolute atomic E-state index is 0.0117. The molecule has 0 aromatic carbocycles. The van der Waals surface area contributed by atoms with E-state index in [1.165, 1.54) is 4.90 Å². The SMILES string of the molecule is CC1=C(N2C(=O)C3(CCC4(CC4)CC3=O)C(=O)C2C)COC1=O. The molecule has 122 valence electrons. The van der Waals surface area contributed by atoms with E-state index in [0.717, 1.165) is 19.3 Å². The second-order valence-electron chi connectivity index (χ2n) is 7.37. The van der Waals surface area contributed by atoms with Crippen molar-refractivity contribution >= 4 is 23.4 Å². The number of hydrogen-bond acceptors (Lipinski definition) is 5. The molecule has 4 aliphatic rings. The third-order valence-corrected chi connectivity index (χ3v) is 6.14. The summed E-state index contributed by atoms with van der Waals surface area (Å²) in [6.07, 6.45) is 3.43. The van der Waals surface area contributed by atoms with Gasteiger partial charge in [0.2, 0.25) is 5.91 Å². The molecule has 2 atom stereocenters. The van der Waals surface area contributed by atoms with Crippen LogP contribution in [-0.2, 0) is 23.9 Å². The van der Waals surface area contributed by atoms with Crippen LogP contribution in [0.5, 0.6) is 0 Å². The summed E-state index contributed by atoms with van der Waals surface area (Å²) in [4.78, 5) is 51.6. The summed E-state index contributed by atoms with van der Waals surface area (Å²) in [5.41, 5.74) is -0.693. The van der Waals surface area contributed by atoms with Crippen molar-refractivity contribution in [2.75, 3.05) is 6.61 Å². The van der Waals surface area contributed by atoms with Crippen LogP contribution in [0.1, 0.15) is 46.0 Å². The Bertz CT molecular complexity index is 702. The van der Waals surface area contributed by atoms with E-state index >= 15 is 0 Å². The summed E-state index contributed by atoms with van der Waals surface area (Å²) in [6.45, 7) is 3.21. The van der Waals surface area contributed by atoms with Gasteiger partial charge in [0.05, 0.1) is 17.3 Å². The minimum atomic E-state index is -1.52. The zero-order valence-corrected chi connectivity index (χ0v) is 13.3. The number of ether oxygens (including phenoxy) is 1. The Morgan fingerprint density at radius 1 is 1.09 bits per heavy atom. The highest BCUT2D eigenvalue weighted by Gasteiger charge is 2.67. The fourth-order valence-corrected chi connectivity index (χ4v) is 4.30. The van der Waals surface area contributed by atoms with Gasteiger partial charge in [0.15, 0.2) is 17.0 Å². The third-order valence-electron chi connectivity index (χ3n) is 6.14. The molecule has 1 saturated heterocycles. The zero-order valence-electron chi connectivity index (χ0n) is 13.3. The number of esters is 1. The molecule has 6 heteroatoms. The Labute approximate surface area is 133 Å². The maximum atomic E-state index is 13.1. The molecular formula is C17H19NO5. The molecule has 0 bridgehead atoms. The predicted octanol–water partition coefficient (Wildman–Crippen LogP) is 1.14. The topological polar surface area (TPSA) is 80.8 Å². The Kier molecular flexibility index (Phi) is 2.73. The molecule has 0 radical (unpaired) electrons. The monoisotopic (exact) mass is 317 g/mol. The Hall–Kier alpha value is -1.98. The Morgan fingerprint density at radius 3 is 2.26 bits per heavy atom. The molecule has 1 amide bonds. The first kappa shape index (κ1) is 14.6. The Balaban J connectivity index is 1.74. The maximum Gasteiger partial charge on any atom is 0.336 e. The van der Waals surface area contributed by atoms with Gasteiger partial charge in [-0.2, -0.15) is 0 Å². The van der Waals surface area contributed by atoms with Crippen molar-refractivity contribution in [1.82, 2.24) is 4.90 Å². The number of carbonyl (C=O) groups is 4. The summed E-state index contributed by atoms with van der Waals surface area (Å²) >= 11 is 0. The van der Waals surface area contributed by atoms with Crippen LogP contribution in [0.25, 0.3) is 0 Å². The van der Waals surface area contributed by atoms with Gasteiger partial charge in [-0.25, -0.2) is 4.79 Å². The Morgan fingerprint density at radius 2 is 1.74 bits per heavy atom. The molecule has 2 spiro atoms. The van der Waals surface area contributed by atoms with Crippen LogP contribution in [0.15, 0.2) is 11.3 Å². The highest BCUT2D eigenvalue weighted by Crippen LogP contribution is 2.60. The largest absolute Gasteiger partial charge is 0.456 e. The molecule has 2 unspecified atom stereocenters. The second-order valence-corrected chi connectivity index (χ2v) is 7.37. The van der Waals surface area contributed by atoms with Gasteiger partial charge in [0, 0.05) is 6.42 Å². The fraction of sp³-hybridized carbons (Fsp3) is 0.647. The van der Waals surface area contributed by atoms with Gasteiger partial charge in [-0.05, 0) is 44.9 Å². The first-order chi connectivity index (χ1) is 10.8.